The van der Waals surface area contributed by atoms with Crippen LogP contribution in [0.4, 0.5) is 17.6 Å². The van der Waals surface area contributed by atoms with Crippen LogP contribution in [0.5, 0.6) is 11.5 Å². The fourth-order valence-corrected chi connectivity index (χ4v) is 5.06. The first-order chi connectivity index (χ1) is 20.7. The van der Waals surface area contributed by atoms with Gasteiger partial charge in [0.1, 0.15) is 40.5 Å². The molecule has 0 spiro atoms. The summed E-state index contributed by atoms with van der Waals surface area (Å²) in [6.07, 6.45) is -2.09. The molecule has 2 aromatic carbocycles. The molecule has 14 heteroatoms. The lowest BCUT2D eigenvalue weighted by atomic mass is 9.81. The molecule has 1 saturated carbocycles. The minimum atomic E-state index is -5.35. The third-order valence-electron chi connectivity index (χ3n) is 7.90. The van der Waals surface area contributed by atoms with Crippen LogP contribution in [0.3, 0.4) is 0 Å². The molecule has 44 heavy (non-hydrogen) atoms. The molecule has 4 N–H and O–H groups in total. The molecular weight excluding hydrogens is 586 g/mol. The standard InChI is InChI=1S/C30H27F4N5O5/c1-28(27(35)41)14-43-25-20(28)11-22(37-24(25)15-3-5-18(31)6-4-15)29(42,30(32,33)34)13-36-26(40)16-9-17-12-39(2)38-23(17)21(10-16)44-19-7-8-19/h3-6,9-12,19,42H,7-8,13-14H2,1-2H3,(H2,35,41)(H,36,40)/t28-,29?/m0/s1. The number of alkyl halides is 3. The number of hydrogen-bond donors (Lipinski definition) is 3. The number of hydrogen-bond acceptors (Lipinski definition) is 7. The first-order valence-electron chi connectivity index (χ1n) is 13.7. The number of primary amides is 1. The van der Waals surface area contributed by atoms with Crippen LogP contribution in [0.15, 0.2) is 48.7 Å². The van der Waals surface area contributed by atoms with Gasteiger partial charge < -0.3 is 25.6 Å². The first-order valence-corrected chi connectivity index (χ1v) is 13.7. The van der Waals surface area contributed by atoms with Crippen molar-refractivity contribution in [1.82, 2.24) is 20.1 Å². The topological polar surface area (TPSA) is 142 Å². The number of carbonyl (C=O) groups is 2. The molecule has 2 aliphatic rings. The minimum Gasteiger partial charge on any atom is -0.489 e. The third-order valence-corrected chi connectivity index (χ3v) is 7.90. The van der Waals surface area contributed by atoms with Crippen LogP contribution in [0.2, 0.25) is 0 Å². The van der Waals surface area contributed by atoms with Crippen molar-refractivity contribution in [2.24, 2.45) is 12.8 Å². The maximum atomic E-state index is 14.7. The van der Waals surface area contributed by atoms with Gasteiger partial charge in [-0.15, -0.1) is 0 Å². The predicted molar refractivity (Wildman–Crippen MR) is 148 cm³/mol. The van der Waals surface area contributed by atoms with Gasteiger partial charge in [0.05, 0.1) is 18.3 Å². The number of pyridine rings is 1. The van der Waals surface area contributed by atoms with Gasteiger partial charge in [0.25, 0.3) is 5.91 Å². The monoisotopic (exact) mass is 613 g/mol. The Morgan fingerprint density at radius 3 is 2.55 bits per heavy atom. The fourth-order valence-electron chi connectivity index (χ4n) is 5.06. The van der Waals surface area contributed by atoms with E-state index in [1.165, 1.54) is 35.9 Å². The summed E-state index contributed by atoms with van der Waals surface area (Å²) in [5.41, 5.74) is -0.137. The van der Waals surface area contributed by atoms with Crippen molar-refractivity contribution in [2.45, 2.75) is 43.1 Å². The molecule has 1 aliphatic carbocycles. The van der Waals surface area contributed by atoms with Gasteiger partial charge in [0.2, 0.25) is 11.5 Å². The van der Waals surface area contributed by atoms with E-state index in [0.717, 1.165) is 31.0 Å². The van der Waals surface area contributed by atoms with Crippen molar-refractivity contribution in [1.29, 1.82) is 0 Å². The number of fused-ring (bicyclic) bond motifs is 2. The lowest BCUT2D eigenvalue weighted by molar-refractivity contribution is -0.265. The van der Waals surface area contributed by atoms with Crippen LogP contribution in [-0.2, 0) is 22.9 Å². The number of aryl methyl sites for hydroxylation is 1. The largest absolute Gasteiger partial charge is 0.489 e. The third kappa shape index (κ3) is 4.98. The summed E-state index contributed by atoms with van der Waals surface area (Å²) in [6, 6.07) is 8.46. The number of halogens is 4. The SMILES string of the molecule is Cn1cc2cc(C(=O)NCC(O)(c3cc4c(c(-c5ccc(F)cc5)n3)OC[C@]4(C)C(N)=O)C(F)(F)F)cc(OC3CC3)c2n1. The number of ether oxygens (including phenoxy) is 2. The lowest BCUT2D eigenvalue weighted by Crippen LogP contribution is -2.51. The van der Waals surface area contributed by atoms with Gasteiger partial charge in [-0.1, -0.05) is 0 Å². The Morgan fingerprint density at radius 1 is 1.20 bits per heavy atom. The highest BCUT2D eigenvalue weighted by Crippen LogP contribution is 2.47. The number of aromatic nitrogens is 3. The van der Waals surface area contributed by atoms with E-state index in [2.05, 4.69) is 15.4 Å². The number of benzene rings is 2. The smallest absolute Gasteiger partial charge is 0.424 e. The molecule has 0 bridgehead atoms. The molecule has 1 unspecified atom stereocenters. The van der Waals surface area contributed by atoms with E-state index in [1.807, 2.05) is 0 Å². The Bertz CT molecular complexity index is 1800. The Morgan fingerprint density at radius 2 is 1.91 bits per heavy atom. The van der Waals surface area contributed by atoms with E-state index < -0.39 is 47.1 Å². The molecule has 1 aliphatic heterocycles. The maximum Gasteiger partial charge on any atom is 0.424 e. The Kier molecular flexibility index (Phi) is 6.79. The van der Waals surface area contributed by atoms with Crippen molar-refractivity contribution in [3.63, 3.8) is 0 Å². The first kappa shape index (κ1) is 29.4. The number of nitrogens with two attached hydrogens (primary N) is 1. The van der Waals surface area contributed by atoms with Crippen molar-refractivity contribution in [3.05, 3.63) is 71.3 Å². The van der Waals surface area contributed by atoms with E-state index in [0.29, 0.717) is 16.7 Å². The van der Waals surface area contributed by atoms with Gasteiger partial charge in [-0.25, -0.2) is 9.37 Å². The summed E-state index contributed by atoms with van der Waals surface area (Å²) >= 11 is 0. The van der Waals surface area contributed by atoms with Crippen LogP contribution in [0, 0.1) is 5.82 Å². The van der Waals surface area contributed by atoms with Crippen molar-refractivity contribution < 1.29 is 41.7 Å². The predicted octanol–water partition coefficient (Wildman–Crippen LogP) is 3.63. The summed E-state index contributed by atoms with van der Waals surface area (Å²) in [7, 11) is 1.68. The van der Waals surface area contributed by atoms with Crippen molar-refractivity contribution >= 4 is 22.7 Å². The molecule has 230 valence electrons. The molecule has 10 nitrogen and oxygen atoms in total. The Hall–Kier alpha value is -4.72. The highest BCUT2D eigenvalue weighted by Gasteiger charge is 2.57. The molecule has 2 amide bonds. The number of carbonyl (C=O) groups excluding carboxylic acids is 2. The normalized spacial score (nSPS) is 19.2. The van der Waals surface area contributed by atoms with Gasteiger partial charge in [0, 0.05) is 35.3 Å². The molecule has 6 rings (SSSR count). The van der Waals surface area contributed by atoms with Crippen LogP contribution in [0.1, 0.15) is 41.4 Å². The highest BCUT2D eigenvalue weighted by atomic mass is 19.4. The molecule has 0 saturated heterocycles. The van der Waals surface area contributed by atoms with Gasteiger partial charge in [-0.05, 0) is 62.2 Å². The average Bonchev–Trinajstić information content (AvgIpc) is 3.60. The van der Waals surface area contributed by atoms with E-state index in [1.54, 1.807) is 13.2 Å². The van der Waals surface area contributed by atoms with Gasteiger partial charge >= 0.3 is 6.18 Å². The number of nitrogens with zero attached hydrogens (tertiary/aromatic N) is 3. The summed E-state index contributed by atoms with van der Waals surface area (Å²) in [4.78, 5) is 29.8. The average molecular weight is 614 g/mol. The van der Waals surface area contributed by atoms with Gasteiger partial charge in [-0.2, -0.15) is 18.3 Å². The van der Waals surface area contributed by atoms with E-state index in [4.69, 9.17) is 15.2 Å². The Labute approximate surface area is 247 Å². The number of rotatable bonds is 8. The van der Waals surface area contributed by atoms with Crippen molar-refractivity contribution in [2.75, 3.05) is 13.2 Å². The molecule has 3 heterocycles. The van der Waals surface area contributed by atoms with Gasteiger partial charge in [-0.3, -0.25) is 14.3 Å². The second kappa shape index (κ2) is 10.2. The summed E-state index contributed by atoms with van der Waals surface area (Å²) in [5, 5.41) is 18.3. The second-order valence-electron chi connectivity index (χ2n) is 11.3. The maximum absolute atomic E-state index is 14.7. The van der Waals surface area contributed by atoms with E-state index in [-0.39, 0.29) is 40.8 Å². The summed E-state index contributed by atoms with van der Waals surface area (Å²) in [5.74, 6) is -2.10. The number of nitrogens with one attached hydrogen (secondary N) is 1. The quantitative estimate of drug-likeness (QED) is 0.258. The molecule has 1 fully saturated rings. The van der Waals surface area contributed by atoms with E-state index in [9.17, 15) is 32.3 Å². The zero-order valence-electron chi connectivity index (χ0n) is 23.5. The van der Waals surface area contributed by atoms with Crippen LogP contribution in [-0.4, -0.2) is 57.1 Å². The van der Waals surface area contributed by atoms with E-state index >= 15 is 0 Å². The number of aliphatic hydroxyl groups is 1. The van der Waals surface area contributed by atoms with Crippen LogP contribution < -0.4 is 20.5 Å². The second-order valence-corrected chi connectivity index (χ2v) is 11.3. The lowest BCUT2D eigenvalue weighted by Gasteiger charge is -2.31. The summed E-state index contributed by atoms with van der Waals surface area (Å²) in [6.45, 7) is -0.230. The fraction of sp³-hybridized carbons (Fsp3) is 0.333. The molecule has 2 atom stereocenters. The van der Waals surface area contributed by atoms with Crippen LogP contribution in [0.25, 0.3) is 22.2 Å². The molecule has 0 radical (unpaired) electrons. The highest BCUT2D eigenvalue weighted by molar-refractivity contribution is 6.00. The number of amides is 2. The molecule has 4 aromatic rings. The van der Waals surface area contributed by atoms with Crippen LogP contribution >= 0.6 is 0 Å². The molecule has 2 aromatic heterocycles. The zero-order valence-corrected chi connectivity index (χ0v) is 23.5. The zero-order chi connectivity index (χ0) is 31.6. The Balaban J connectivity index is 1.40. The molecular formula is C30H27F4N5O5. The summed E-state index contributed by atoms with van der Waals surface area (Å²) < 4.78 is 70.9. The minimum absolute atomic E-state index is 0.00529. The van der Waals surface area contributed by atoms with Gasteiger partial charge in [0.15, 0.2) is 0 Å². The van der Waals surface area contributed by atoms with Crippen molar-refractivity contribution in [3.8, 4) is 22.8 Å².